The van der Waals surface area contributed by atoms with Crippen LogP contribution in [-0.4, -0.2) is 23.6 Å². The minimum Gasteiger partial charge on any atom is -0.436 e. The van der Waals surface area contributed by atoms with Gasteiger partial charge in [-0.2, -0.15) is 0 Å². The Morgan fingerprint density at radius 1 is 1.00 bits per heavy atom. The molecule has 4 rings (SSSR count). The van der Waals surface area contributed by atoms with Gasteiger partial charge in [-0.15, -0.1) is 10.2 Å². The molecule has 0 bridgehead atoms. The summed E-state index contributed by atoms with van der Waals surface area (Å²) in [6.07, 6.45) is 2.35. The number of hydrogen-bond acceptors (Lipinski definition) is 7. The quantitative estimate of drug-likeness (QED) is 0.509. The smallest absolute Gasteiger partial charge is 0.263 e. The molecular weight excluding hydrogens is 396 g/mol. The SMILES string of the molecule is CCc1nnc(NS(=O)(=O)c2ccc(-c3ncc(-c4ccccc4)o3)cc2)s1. The first-order valence-electron chi connectivity index (χ1n) is 8.52. The molecule has 0 spiro atoms. The zero-order valence-corrected chi connectivity index (χ0v) is 16.5. The van der Waals surface area contributed by atoms with Gasteiger partial charge in [0.05, 0.1) is 11.1 Å². The van der Waals surface area contributed by atoms with Gasteiger partial charge in [0.2, 0.25) is 11.0 Å². The second-order valence-corrected chi connectivity index (χ2v) is 8.62. The Labute approximate surface area is 166 Å². The third kappa shape index (κ3) is 3.80. The van der Waals surface area contributed by atoms with E-state index < -0.39 is 10.0 Å². The van der Waals surface area contributed by atoms with Gasteiger partial charge in [-0.3, -0.25) is 4.72 Å². The summed E-state index contributed by atoms with van der Waals surface area (Å²) < 4.78 is 33.3. The van der Waals surface area contributed by atoms with Crippen LogP contribution >= 0.6 is 11.3 Å². The Kier molecular flexibility index (Phi) is 4.93. The zero-order valence-electron chi connectivity index (χ0n) is 14.9. The van der Waals surface area contributed by atoms with E-state index in [1.165, 1.54) is 23.5 Å². The van der Waals surface area contributed by atoms with Gasteiger partial charge >= 0.3 is 0 Å². The third-order valence-electron chi connectivity index (χ3n) is 3.97. The fourth-order valence-electron chi connectivity index (χ4n) is 2.53. The van der Waals surface area contributed by atoms with Crippen LogP contribution in [0.1, 0.15) is 11.9 Å². The van der Waals surface area contributed by atoms with Crippen molar-refractivity contribution in [3.63, 3.8) is 0 Å². The molecule has 142 valence electrons. The first-order valence-corrected chi connectivity index (χ1v) is 10.8. The maximum atomic E-state index is 12.5. The van der Waals surface area contributed by atoms with E-state index >= 15 is 0 Å². The van der Waals surface area contributed by atoms with E-state index in [-0.39, 0.29) is 10.0 Å². The van der Waals surface area contributed by atoms with Crippen molar-refractivity contribution in [2.24, 2.45) is 0 Å². The van der Waals surface area contributed by atoms with Crippen LogP contribution in [0.2, 0.25) is 0 Å². The van der Waals surface area contributed by atoms with E-state index in [0.717, 1.165) is 10.6 Å². The first-order chi connectivity index (χ1) is 13.5. The molecule has 0 amide bonds. The second kappa shape index (κ2) is 7.53. The van der Waals surface area contributed by atoms with E-state index in [9.17, 15) is 8.42 Å². The number of sulfonamides is 1. The molecule has 0 saturated carbocycles. The summed E-state index contributed by atoms with van der Waals surface area (Å²) in [7, 11) is -3.74. The Morgan fingerprint density at radius 2 is 1.75 bits per heavy atom. The van der Waals surface area contributed by atoms with Gasteiger partial charge in [0.15, 0.2) is 5.76 Å². The summed E-state index contributed by atoms with van der Waals surface area (Å²) in [5.41, 5.74) is 1.61. The molecule has 0 atom stereocenters. The number of oxazole rings is 1. The van der Waals surface area contributed by atoms with E-state index in [4.69, 9.17) is 4.42 Å². The van der Waals surface area contributed by atoms with E-state index in [1.54, 1.807) is 18.3 Å². The fourth-order valence-corrected chi connectivity index (χ4v) is 4.44. The number of anilines is 1. The highest BCUT2D eigenvalue weighted by Gasteiger charge is 2.17. The highest BCUT2D eigenvalue weighted by molar-refractivity contribution is 7.93. The lowest BCUT2D eigenvalue weighted by Crippen LogP contribution is -2.12. The summed E-state index contributed by atoms with van der Waals surface area (Å²) in [5.74, 6) is 1.07. The lowest BCUT2D eigenvalue weighted by atomic mass is 10.2. The predicted molar refractivity (Wildman–Crippen MR) is 107 cm³/mol. The molecule has 9 heteroatoms. The lowest BCUT2D eigenvalue weighted by Gasteiger charge is -2.05. The summed E-state index contributed by atoms with van der Waals surface area (Å²) in [6, 6.07) is 16.0. The van der Waals surface area contributed by atoms with Crippen LogP contribution in [0.5, 0.6) is 0 Å². The molecule has 28 heavy (non-hydrogen) atoms. The monoisotopic (exact) mass is 412 g/mol. The number of hydrogen-bond donors (Lipinski definition) is 1. The van der Waals surface area contributed by atoms with E-state index in [1.807, 2.05) is 37.3 Å². The summed E-state index contributed by atoms with van der Waals surface area (Å²) in [5, 5.41) is 8.78. The predicted octanol–water partition coefficient (Wildman–Crippen LogP) is 4.22. The largest absolute Gasteiger partial charge is 0.436 e. The molecule has 0 fully saturated rings. The molecule has 0 aliphatic rings. The minimum absolute atomic E-state index is 0.124. The zero-order chi connectivity index (χ0) is 19.6. The topological polar surface area (TPSA) is 98.0 Å². The molecule has 0 radical (unpaired) electrons. The number of benzene rings is 2. The number of aromatic nitrogens is 3. The van der Waals surface area contributed by atoms with Crippen LogP contribution in [0.25, 0.3) is 22.8 Å². The Hall–Kier alpha value is -3.04. The van der Waals surface area contributed by atoms with Crippen LogP contribution in [0, 0.1) is 0 Å². The molecule has 0 aliphatic carbocycles. The van der Waals surface area contributed by atoms with Crippen molar-refractivity contribution in [3.8, 4) is 22.8 Å². The number of rotatable bonds is 6. The Bertz CT molecular complexity index is 1180. The Morgan fingerprint density at radius 3 is 2.43 bits per heavy atom. The molecule has 2 aromatic heterocycles. The normalized spacial score (nSPS) is 11.5. The van der Waals surface area contributed by atoms with Gasteiger partial charge in [-0.25, -0.2) is 13.4 Å². The van der Waals surface area contributed by atoms with Crippen LogP contribution in [0.4, 0.5) is 5.13 Å². The van der Waals surface area contributed by atoms with Gasteiger partial charge in [-0.1, -0.05) is 48.6 Å². The number of nitrogens with zero attached hydrogens (tertiary/aromatic N) is 3. The summed E-state index contributed by atoms with van der Waals surface area (Å²) in [4.78, 5) is 4.41. The molecule has 0 saturated heterocycles. The van der Waals surface area contributed by atoms with Gasteiger partial charge in [-0.05, 0) is 30.7 Å². The van der Waals surface area contributed by atoms with E-state index in [2.05, 4.69) is 19.9 Å². The number of nitrogens with one attached hydrogen (secondary N) is 1. The van der Waals surface area contributed by atoms with Gasteiger partial charge in [0.1, 0.15) is 5.01 Å². The van der Waals surface area contributed by atoms with Crippen molar-refractivity contribution in [1.29, 1.82) is 0 Å². The van der Waals surface area contributed by atoms with Crippen molar-refractivity contribution in [2.45, 2.75) is 18.2 Å². The van der Waals surface area contributed by atoms with Crippen LogP contribution in [0.15, 0.2) is 70.1 Å². The third-order valence-corrected chi connectivity index (χ3v) is 6.43. The van der Waals surface area contributed by atoms with Crippen molar-refractivity contribution in [2.75, 3.05) is 4.72 Å². The highest BCUT2D eigenvalue weighted by Crippen LogP contribution is 2.27. The van der Waals surface area contributed by atoms with Gasteiger partial charge < -0.3 is 4.42 Å². The standard InChI is InChI=1S/C19H16N4O3S2/c1-2-17-21-22-19(27-17)23-28(24,25)15-10-8-14(9-11-15)18-20-12-16(26-18)13-6-4-3-5-7-13/h3-12H,2H2,1H3,(H,22,23). The molecule has 4 aromatic rings. The second-order valence-electron chi connectivity index (χ2n) is 5.88. The van der Waals surface area contributed by atoms with Crippen LogP contribution in [0.3, 0.4) is 0 Å². The Balaban J connectivity index is 1.54. The summed E-state index contributed by atoms with van der Waals surface area (Å²) >= 11 is 1.22. The molecule has 7 nitrogen and oxygen atoms in total. The lowest BCUT2D eigenvalue weighted by molar-refractivity contribution is 0.588. The first kappa shape index (κ1) is 18.3. The average Bonchev–Trinajstić information content (AvgIpc) is 3.38. The summed E-state index contributed by atoms with van der Waals surface area (Å²) in [6.45, 7) is 1.93. The fraction of sp³-hybridized carbons (Fsp3) is 0.105. The van der Waals surface area contributed by atoms with Gasteiger partial charge in [0, 0.05) is 11.1 Å². The highest BCUT2D eigenvalue weighted by atomic mass is 32.2. The average molecular weight is 412 g/mol. The van der Waals surface area contributed by atoms with Crippen molar-refractivity contribution in [1.82, 2.24) is 15.2 Å². The van der Waals surface area contributed by atoms with Crippen molar-refractivity contribution in [3.05, 3.63) is 65.8 Å². The molecule has 1 N–H and O–H groups in total. The van der Waals surface area contributed by atoms with Crippen molar-refractivity contribution < 1.29 is 12.8 Å². The minimum atomic E-state index is -3.74. The van der Waals surface area contributed by atoms with Gasteiger partial charge in [0.25, 0.3) is 10.0 Å². The van der Waals surface area contributed by atoms with Crippen LogP contribution < -0.4 is 4.72 Å². The number of aryl methyl sites for hydroxylation is 1. The van der Waals surface area contributed by atoms with Crippen LogP contribution in [-0.2, 0) is 16.4 Å². The molecule has 0 unspecified atom stereocenters. The maximum Gasteiger partial charge on any atom is 0.263 e. The molecule has 2 aromatic carbocycles. The van der Waals surface area contributed by atoms with E-state index in [0.29, 0.717) is 23.6 Å². The molecule has 2 heterocycles. The molecular formula is C19H16N4O3S2. The van der Waals surface area contributed by atoms with Crippen molar-refractivity contribution >= 4 is 26.5 Å². The molecule has 0 aliphatic heterocycles. The maximum absolute atomic E-state index is 12.5.